The largest absolute Gasteiger partial charge is 0.299 e. The van der Waals surface area contributed by atoms with Crippen molar-refractivity contribution in [3.8, 4) is 0 Å². The zero-order chi connectivity index (χ0) is 14.5. The maximum absolute atomic E-state index is 13.0. The summed E-state index contributed by atoms with van der Waals surface area (Å²) in [4.78, 5) is 14.3. The van der Waals surface area contributed by atoms with Gasteiger partial charge in [-0.1, -0.05) is 55.7 Å². The van der Waals surface area contributed by atoms with Gasteiger partial charge in [0.15, 0.2) is 0 Å². The summed E-state index contributed by atoms with van der Waals surface area (Å²) >= 11 is 1.75. The maximum Gasteiger partial charge on any atom is 0.143 e. The Hall–Kier alpha value is -1.41. The minimum absolute atomic E-state index is 0.212. The quantitative estimate of drug-likeness (QED) is 0.746. The number of Topliss-reactive ketones (excluding diaryl/α,β-unsaturated/α-hetero) is 1. The van der Waals surface area contributed by atoms with Gasteiger partial charge in [0, 0.05) is 11.3 Å². The molecule has 1 saturated carbocycles. The van der Waals surface area contributed by atoms with Crippen LogP contribution in [0, 0.1) is 0 Å². The Balaban J connectivity index is 1.80. The van der Waals surface area contributed by atoms with Crippen molar-refractivity contribution in [1.29, 1.82) is 0 Å². The fourth-order valence-corrected chi connectivity index (χ4v) is 4.28. The summed E-state index contributed by atoms with van der Waals surface area (Å²) in [7, 11) is 0. The normalized spacial score (nSPS) is 17.5. The summed E-state index contributed by atoms with van der Waals surface area (Å²) in [5.74, 6) is 0.446. The van der Waals surface area contributed by atoms with E-state index in [1.54, 1.807) is 11.3 Å². The smallest absolute Gasteiger partial charge is 0.143 e. The molecule has 0 amide bonds. The second kappa shape index (κ2) is 6.57. The fraction of sp³-hybridized carbons (Fsp3) is 0.421. The van der Waals surface area contributed by atoms with Gasteiger partial charge in [0.2, 0.25) is 0 Å². The summed E-state index contributed by atoms with van der Waals surface area (Å²) in [5, 5.41) is 2.09. The molecule has 110 valence electrons. The van der Waals surface area contributed by atoms with E-state index in [1.165, 1.54) is 29.7 Å². The van der Waals surface area contributed by atoms with E-state index in [1.807, 2.05) is 6.07 Å². The molecule has 2 aromatic rings. The van der Waals surface area contributed by atoms with Crippen LogP contribution in [0.2, 0.25) is 0 Å². The number of hydrogen-bond acceptors (Lipinski definition) is 2. The first-order valence-electron chi connectivity index (χ1n) is 7.92. The Morgan fingerprint density at radius 2 is 1.76 bits per heavy atom. The molecule has 21 heavy (non-hydrogen) atoms. The van der Waals surface area contributed by atoms with Gasteiger partial charge in [0.1, 0.15) is 5.78 Å². The number of rotatable bonds is 5. The van der Waals surface area contributed by atoms with Crippen LogP contribution in [0.4, 0.5) is 0 Å². The SMILES string of the molecule is O=C(CCc1cccs1)C1(c2ccccc2)CCCCC1. The van der Waals surface area contributed by atoms with Gasteiger partial charge in [-0.15, -0.1) is 11.3 Å². The van der Waals surface area contributed by atoms with E-state index in [0.717, 1.165) is 19.3 Å². The number of aryl methyl sites for hydroxylation is 1. The van der Waals surface area contributed by atoms with E-state index in [9.17, 15) is 4.79 Å². The highest BCUT2D eigenvalue weighted by molar-refractivity contribution is 7.09. The van der Waals surface area contributed by atoms with Gasteiger partial charge < -0.3 is 0 Å². The lowest BCUT2D eigenvalue weighted by Gasteiger charge is -2.36. The molecule has 1 aliphatic carbocycles. The lowest BCUT2D eigenvalue weighted by Crippen LogP contribution is -2.38. The Kier molecular flexibility index (Phi) is 4.54. The zero-order valence-corrected chi connectivity index (χ0v) is 13.2. The lowest BCUT2D eigenvalue weighted by atomic mass is 9.66. The molecule has 0 unspecified atom stereocenters. The van der Waals surface area contributed by atoms with Crippen LogP contribution in [0.1, 0.15) is 49.0 Å². The van der Waals surface area contributed by atoms with Crippen LogP contribution in [0.15, 0.2) is 47.8 Å². The zero-order valence-electron chi connectivity index (χ0n) is 12.4. The van der Waals surface area contributed by atoms with Crippen LogP contribution in [0.25, 0.3) is 0 Å². The van der Waals surface area contributed by atoms with Crippen molar-refractivity contribution in [2.45, 2.75) is 50.4 Å². The van der Waals surface area contributed by atoms with Crippen molar-refractivity contribution in [1.82, 2.24) is 0 Å². The number of carbonyl (C=O) groups is 1. The third-order valence-electron chi connectivity index (χ3n) is 4.75. The molecular formula is C19H22OS. The van der Waals surface area contributed by atoms with Gasteiger partial charge in [0.05, 0.1) is 5.41 Å². The lowest BCUT2D eigenvalue weighted by molar-refractivity contribution is -0.125. The monoisotopic (exact) mass is 298 g/mol. The van der Waals surface area contributed by atoms with Crippen molar-refractivity contribution in [2.24, 2.45) is 0 Å². The molecule has 0 spiro atoms. The first kappa shape index (κ1) is 14.5. The molecule has 1 aromatic heterocycles. The molecule has 1 nitrogen and oxygen atoms in total. The first-order valence-corrected chi connectivity index (χ1v) is 8.80. The van der Waals surface area contributed by atoms with Crippen molar-refractivity contribution in [3.05, 3.63) is 58.3 Å². The summed E-state index contributed by atoms with van der Waals surface area (Å²) in [6, 6.07) is 14.7. The van der Waals surface area contributed by atoms with Gasteiger partial charge in [-0.25, -0.2) is 0 Å². The molecule has 0 atom stereocenters. The van der Waals surface area contributed by atoms with Crippen LogP contribution in [-0.4, -0.2) is 5.78 Å². The van der Waals surface area contributed by atoms with E-state index in [4.69, 9.17) is 0 Å². The molecule has 0 N–H and O–H groups in total. The molecule has 0 bridgehead atoms. The second-order valence-corrected chi connectivity index (χ2v) is 7.04. The highest BCUT2D eigenvalue weighted by atomic mass is 32.1. The average molecular weight is 298 g/mol. The molecule has 1 heterocycles. The minimum Gasteiger partial charge on any atom is -0.299 e. The summed E-state index contributed by atoms with van der Waals surface area (Å²) < 4.78 is 0. The highest BCUT2D eigenvalue weighted by Gasteiger charge is 2.39. The fourth-order valence-electron chi connectivity index (χ4n) is 3.57. The predicted octanol–water partition coefficient (Wildman–Crippen LogP) is 5.15. The van der Waals surface area contributed by atoms with Gasteiger partial charge >= 0.3 is 0 Å². The molecule has 3 rings (SSSR count). The van der Waals surface area contributed by atoms with Crippen molar-refractivity contribution >= 4 is 17.1 Å². The third-order valence-corrected chi connectivity index (χ3v) is 5.68. The topological polar surface area (TPSA) is 17.1 Å². The van der Waals surface area contributed by atoms with Gasteiger partial charge in [-0.05, 0) is 36.3 Å². The minimum atomic E-state index is -0.212. The summed E-state index contributed by atoms with van der Waals surface area (Å²) in [6.45, 7) is 0. The van der Waals surface area contributed by atoms with Crippen molar-refractivity contribution < 1.29 is 4.79 Å². The second-order valence-electron chi connectivity index (χ2n) is 6.01. The van der Waals surface area contributed by atoms with Crippen LogP contribution in [0.5, 0.6) is 0 Å². The number of hydrogen-bond donors (Lipinski definition) is 0. The van der Waals surface area contributed by atoms with Crippen LogP contribution >= 0.6 is 11.3 Å². The number of benzene rings is 1. The van der Waals surface area contributed by atoms with E-state index in [2.05, 4.69) is 41.8 Å². The number of carbonyl (C=O) groups excluding carboxylic acids is 1. The van der Waals surface area contributed by atoms with Crippen molar-refractivity contribution in [3.63, 3.8) is 0 Å². The molecular weight excluding hydrogens is 276 g/mol. The molecule has 1 fully saturated rings. The first-order chi connectivity index (χ1) is 10.3. The molecule has 0 saturated heterocycles. The number of ketones is 1. The maximum atomic E-state index is 13.0. The standard InChI is InChI=1S/C19H22OS/c20-18(12-11-17-10-7-15-21-17)19(13-5-2-6-14-19)16-8-3-1-4-9-16/h1,3-4,7-10,15H,2,5-6,11-14H2. The number of thiophene rings is 1. The van der Waals surface area contributed by atoms with E-state index in [0.29, 0.717) is 12.2 Å². The Bertz CT molecular complexity index is 565. The predicted molar refractivity (Wildman–Crippen MR) is 88.9 cm³/mol. The van der Waals surface area contributed by atoms with Gasteiger partial charge in [-0.3, -0.25) is 4.79 Å². The summed E-state index contributed by atoms with van der Waals surface area (Å²) in [5.41, 5.74) is 1.03. The Morgan fingerprint density at radius 3 is 2.43 bits per heavy atom. The van der Waals surface area contributed by atoms with Gasteiger partial charge in [-0.2, -0.15) is 0 Å². The molecule has 1 aliphatic rings. The average Bonchev–Trinajstić information content (AvgIpc) is 3.07. The van der Waals surface area contributed by atoms with Crippen molar-refractivity contribution in [2.75, 3.05) is 0 Å². The van der Waals surface area contributed by atoms with Crippen LogP contribution in [-0.2, 0) is 16.6 Å². The van der Waals surface area contributed by atoms with Crippen LogP contribution < -0.4 is 0 Å². The van der Waals surface area contributed by atoms with Crippen LogP contribution in [0.3, 0.4) is 0 Å². The van der Waals surface area contributed by atoms with Gasteiger partial charge in [0.25, 0.3) is 0 Å². The molecule has 0 aliphatic heterocycles. The molecule has 0 radical (unpaired) electrons. The van der Waals surface area contributed by atoms with E-state index >= 15 is 0 Å². The van der Waals surface area contributed by atoms with E-state index < -0.39 is 0 Å². The molecule has 2 heteroatoms. The Morgan fingerprint density at radius 1 is 1.00 bits per heavy atom. The molecule has 1 aromatic carbocycles. The highest BCUT2D eigenvalue weighted by Crippen LogP contribution is 2.41. The van der Waals surface area contributed by atoms with E-state index in [-0.39, 0.29) is 5.41 Å². The summed E-state index contributed by atoms with van der Waals surface area (Å²) in [6.07, 6.45) is 7.26. The third kappa shape index (κ3) is 3.11. The Labute approximate surface area is 131 Å².